The molecule has 0 radical (unpaired) electrons. The van der Waals surface area contributed by atoms with Crippen molar-refractivity contribution in [3.63, 3.8) is 0 Å². The first-order chi connectivity index (χ1) is 9.95. The highest BCUT2D eigenvalue weighted by atomic mass is 35.5. The molecule has 1 aromatic carbocycles. The minimum Gasteiger partial charge on any atom is -0.482 e. The van der Waals surface area contributed by atoms with Crippen molar-refractivity contribution in [1.82, 2.24) is 5.16 Å². The van der Waals surface area contributed by atoms with Gasteiger partial charge < -0.3 is 9.26 Å². The highest BCUT2D eigenvalue weighted by Gasteiger charge is 2.13. The number of aromatic nitrogens is 1. The molecule has 0 aliphatic heterocycles. The number of amides is 1. The summed E-state index contributed by atoms with van der Waals surface area (Å²) in [6.45, 7) is 1.33. The largest absolute Gasteiger partial charge is 0.482 e. The van der Waals surface area contributed by atoms with Crippen LogP contribution in [0.15, 0.2) is 28.8 Å². The zero-order valence-corrected chi connectivity index (χ0v) is 11.6. The molecule has 21 heavy (non-hydrogen) atoms. The molecule has 8 nitrogen and oxygen atoms in total. The molecule has 1 N–H and O–H groups in total. The molecule has 2 rings (SSSR count). The fourth-order valence-electron chi connectivity index (χ4n) is 1.46. The maximum absolute atomic E-state index is 11.6. The zero-order valence-electron chi connectivity index (χ0n) is 10.8. The summed E-state index contributed by atoms with van der Waals surface area (Å²) in [5, 5.41) is 16.9. The van der Waals surface area contributed by atoms with E-state index < -0.39 is 10.8 Å². The number of rotatable bonds is 5. The topological polar surface area (TPSA) is 108 Å². The number of aryl methyl sites for hydroxylation is 1. The molecule has 2 aromatic rings. The highest BCUT2D eigenvalue weighted by molar-refractivity contribution is 6.32. The molecule has 0 aliphatic carbocycles. The summed E-state index contributed by atoms with van der Waals surface area (Å²) >= 11 is 5.84. The first-order valence-electron chi connectivity index (χ1n) is 5.75. The number of nitrogens with one attached hydrogen (secondary N) is 1. The molecule has 0 bridgehead atoms. The Bertz CT molecular complexity index is 685. The Kier molecular flexibility index (Phi) is 4.39. The van der Waals surface area contributed by atoms with Crippen LogP contribution in [0.4, 0.5) is 11.6 Å². The minimum atomic E-state index is -0.583. The molecule has 0 aliphatic rings. The maximum Gasteiger partial charge on any atom is 0.273 e. The van der Waals surface area contributed by atoms with E-state index in [1.54, 1.807) is 6.92 Å². The molecule has 0 atom stereocenters. The quantitative estimate of drug-likeness (QED) is 0.671. The number of anilines is 1. The van der Waals surface area contributed by atoms with Crippen LogP contribution in [-0.4, -0.2) is 22.6 Å². The number of non-ortho nitro benzene ring substituents is 1. The van der Waals surface area contributed by atoms with Crippen LogP contribution in [0.5, 0.6) is 5.75 Å². The van der Waals surface area contributed by atoms with Gasteiger partial charge in [0.2, 0.25) is 5.88 Å². The molecule has 0 fully saturated rings. The van der Waals surface area contributed by atoms with Gasteiger partial charge in [-0.3, -0.25) is 20.2 Å². The monoisotopic (exact) mass is 311 g/mol. The number of nitro benzene ring substituents is 1. The molecule has 110 valence electrons. The summed E-state index contributed by atoms with van der Waals surface area (Å²) < 4.78 is 9.97. The number of nitro groups is 1. The molecular weight excluding hydrogens is 302 g/mol. The molecule has 1 aromatic heterocycles. The van der Waals surface area contributed by atoms with Gasteiger partial charge in [-0.15, -0.1) is 0 Å². The fraction of sp³-hybridized carbons (Fsp3) is 0.167. The van der Waals surface area contributed by atoms with Gasteiger partial charge in [0.25, 0.3) is 11.6 Å². The van der Waals surface area contributed by atoms with Crippen LogP contribution in [0, 0.1) is 17.0 Å². The van der Waals surface area contributed by atoms with E-state index in [1.807, 2.05) is 0 Å². The summed E-state index contributed by atoms with van der Waals surface area (Å²) in [6, 6.07) is 5.26. The van der Waals surface area contributed by atoms with Gasteiger partial charge in [-0.2, -0.15) is 0 Å². The smallest absolute Gasteiger partial charge is 0.273 e. The molecule has 1 heterocycles. The molecule has 1 amide bonds. The highest BCUT2D eigenvalue weighted by Crippen LogP contribution is 2.28. The third-order valence-corrected chi connectivity index (χ3v) is 2.69. The Morgan fingerprint density at radius 1 is 1.52 bits per heavy atom. The van der Waals surface area contributed by atoms with E-state index in [4.69, 9.17) is 20.9 Å². The second-order valence-corrected chi connectivity index (χ2v) is 4.45. The summed E-state index contributed by atoms with van der Waals surface area (Å²) in [6.07, 6.45) is 0. The van der Waals surface area contributed by atoms with Crippen LogP contribution < -0.4 is 10.1 Å². The summed E-state index contributed by atoms with van der Waals surface area (Å²) in [4.78, 5) is 21.7. The third-order valence-electron chi connectivity index (χ3n) is 2.37. The number of ether oxygens (including phenoxy) is 1. The molecule has 0 saturated carbocycles. The van der Waals surface area contributed by atoms with Gasteiger partial charge in [0.1, 0.15) is 5.75 Å². The molecule has 0 spiro atoms. The Hall–Kier alpha value is -2.61. The summed E-state index contributed by atoms with van der Waals surface area (Å²) in [5.41, 5.74) is 0.439. The Labute approximate surface area is 123 Å². The number of nitrogens with zero attached hydrogens (tertiary/aromatic N) is 2. The van der Waals surface area contributed by atoms with E-state index in [1.165, 1.54) is 18.2 Å². The van der Waals surface area contributed by atoms with Gasteiger partial charge in [0, 0.05) is 12.1 Å². The summed E-state index contributed by atoms with van der Waals surface area (Å²) in [5.74, 6) is -0.269. The van der Waals surface area contributed by atoms with Gasteiger partial charge in [-0.05, 0) is 13.0 Å². The van der Waals surface area contributed by atoms with E-state index in [0.717, 1.165) is 6.07 Å². The van der Waals surface area contributed by atoms with E-state index in [-0.39, 0.29) is 29.0 Å². The molecule has 9 heteroatoms. The Balaban J connectivity index is 1.97. The predicted octanol–water partition coefficient (Wildman–Crippen LogP) is 2.56. The van der Waals surface area contributed by atoms with Crippen molar-refractivity contribution in [2.24, 2.45) is 0 Å². The molecular formula is C12H10ClN3O5. The number of benzene rings is 1. The second-order valence-electron chi connectivity index (χ2n) is 4.04. The third kappa shape index (κ3) is 3.93. The maximum atomic E-state index is 11.6. The van der Waals surface area contributed by atoms with Gasteiger partial charge in [-0.25, -0.2) is 0 Å². The number of hydrogen-bond acceptors (Lipinski definition) is 6. The molecule has 0 unspecified atom stereocenters. The zero-order chi connectivity index (χ0) is 15.4. The van der Waals surface area contributed by atoms with Gasteiger partial charge in [0.05, 0.1) is 21.7 Å². The van der Waals surface area contributed by atoms with Crippen LogP contribution in [0.1, 0.15) is 5.69 Å². The minimum absolute atomic E-state index is 0.0507. The van der Waals surface area contributed by atoms with Crippen LogP contribution in [0.25, 0.3) is 0 Å². The first-order valence-corrected chi connectivity index (χ1v) is 6.13. The lowest BCUT2D eigenvalue weighted by Gasteiger charge is -2.07. The van der Waals surface area contributed by atoms with Crippen molar-refractivity contribution >= 4 is 29.1 Å². The predicted molar refractivity (Wildman–Crippen MR) is 73.5 cm³/mol. The van der Waals surface area contributed by atoms with E-state index >= 15 is 0 Å². The number of carbonyl (C=O) groups is 1. The number of hydrogen-bond donors (Lipinski definition) is 1. The number of halogens is 1. The van der Waals surface area contributed by atoms with Crippen molar-refractivity contribution in [2.45, 2.75) is 6.92 Å². The van der Waals surface area contributed by atoms with Crippen molar-refractivity contribution < 1.29 is 19.0 Å². The average molecular weight is 312 g/mol. The second kappa shape index (κ2) is 6.23. The fourth-order valence-corrected chi connectivity index (χ4v) is 1.63. The van der Waals surface area contributed by atoms with Crippen LogP contribution >= 0.6 is 11.6 Å². The standard InChI is InChI=1S/C12H10ClN3O5/c1-7-4-12(21-15-7)14-11(17)6-20-10-5-8(16(18)19)2-3-9(10)13/h2-5H,6H2,1H3,(H,14,17). The lowest BCUT2D eigenvalue weighted by atomic mass is 10.3. The van der Waals surface area contributed by atoms with Gasteiger partial charge in [0.15, 0.2) is 6.61 Å². The first kappa shape index (κ1) is 14.8. The van der Waals surface area contributed by atoms with Crippen molar-refractivity contribution in [3.8, 4) is 5.75 Å². The van der Waals surface area contributed by atoms with Crippen molar-refractivity contribution in [1.29, 1.82) is 0 Å². The normalized spacial score (nSPS) is 10.2. The van der Waals surface area contributed by atoms with E-state index in [9.17, 15) is 14.9 Å². The average Bonchev–Trinajstić information content (AvgIpc) is 2.82. The molecule has 0 saturated heterocycles. The van der Waals surface area contributed by atoms with Gasteiger partial charge in [-0.1, -0.05) is 16.8 Å². The van der Waals surface area contributed by atoms with Gasteiger partial charge >= 0.3 is 0 Å². The number of carbonyl (C=O) groups excluding carboxylic acids is 1. The van der Waals surface area contributed by atoms with Crippen LogP contribution in [0.2, 0.25) is 5.02 Å². The Morgan fingerprint density at radius 2 is 2.29 bits per heavy atom. The van der Waals surface area contributed by atoms with Crippen LogP contribution in [-0.2, 0) is 4.79 Å². The van der Waals surface area contributed by atoms with E-state index in [2.05, 4.69) is 10.5 Å². The van der Waals surface area contributed by atoms with E-state index in [0.29, 0.717) is 5.69 Å². The Morgan fingerprint density at radius 3 is 2.90 bits per heavy atom. The lowest BCUT2D eigenvalue weighted by Crippen LogP contribution is -2.20. The van der Waals surface area contributed by atoms with Crippen molar-refractivity contribution in [2.75, 3.05) is 11.9 Å². The van der Waals surface area contributed by atoms with Crippen LogP contribution in [0.3, 0.4) is 0 Å². The lowest BCUT2D eigenvalue weighted by molar-refractivity contribution is -0.384. The van der Waals surface area contributed by atoms with Crippen molar-refractivity contribution in [3.05, 3.63) is 45.1 Å². The summed E-state index contributed by atoms with van der Waals surface area (Å²) in [7, 11) is 0. The SMILES string of the molecule is Cc1cc(NC(=O)COc2cc([N+](=O)[O-])ccc2Cl)on1.